The van der Waals surface area contributed by atoms with Crippen LogP contribution in [0.3, 0.4) is 0 Å². The van der Waals surface area contributed by atoms with E-state index in [-0.39, 0.29) is 12.5 Å². The minimum atomic E-state index is -0.518. The van der Waals surface area contributed by atoms with Crippen molar-refractivity contribution in [2.24, 2.45) is 0 Å². The number of carbonyl (C=O) groups excluding carboxylic acids is 3. The number of rotatable bonds is 7. The first-order valence-electron chi connectivity index (χ1n) is 9.37. The summed E-state index contributed by atoms with van der Waals surface area (Å²) < 4.78 is 10.4. The molecule has 0 radical (unpaired) electrons. The van der Waals surface area contributed by atoms with Crippen molar-refractivity contribution in [1.29, 1.82) is 0 Å². The highest BCUT2D eigenvalue weighted by molar-refractivity contribution is 6.04. The topological polar surface area (TPSA) is 106 Å². The Hall–Kier alpha value is -4.33. The summed E-state index contributed by atoms with van der Waals surface area (Å²) in [6.07, 6.45) is 0. The molecule has 0 saturated heterocycles. The highest BCUT2D eigenvalue weighted by Crippen LogP contribution is 2.16. The normalized spacial score (nSPS) is 9.97. The van der Waals surface area contributed by atoms with Gasteiger partial charge in [0, 0.05) is 16.8 Å². The molecule has 0 spiro atoms. The first kappa shape index (κ1) is 21.4. The molecule has 0 aliphatic heterocycles. The van der Waals surface area contributed by atoms with Crippen molar-refractivity contribution in [1.82, 2.24) is 10.9 Å². The van der Waals surface area contributed by atoms with E-state index in [4.69, 9.17) is 9.47 Å². The second kappa shape index (κ2) is 10.4. The molecule has 0 bridgehead atoms. The van der Waals surface area contributed by atoms with E-state index in [1.54, 1.807) is 67.8 Å². The van der Waals surface area contributed by atoms with Crippen molar-refractivity contribution in [2.75, 3.05) is 19.0 Å². The molecule has 8 nitrogen and oxygen atoms in total. The van der Waals surface area contributed by atoms with Crippen LogP contribution in [0.2, 0.25) is 0 Å². The second-order valence-corrected chi connectivity index (χ2v) is 6.36. The monoisotopic (exact) mass is 419 g/mol. The number of nitrogens with one attached hydrogen (secondary N) is 3. The van der Waals surface area contributed by atoms with Crippen LogP contribution in [0.25, 0.3) is 0 Å². The number of methoxy groups -OCH3 is 1. The van der Waals surface area contributed by atoms with Gasteiger partial charge in [0.2, 0.25) is 0 Å². The Morgan fingerprint density at radius 3 is 1.97 bits per heavy atom. The van der Waals surface area contributed by atoms with Crippen LogP contribution >= 0.6 is 0 Å². The number of hydrogen-bond acceptors (Lipinski definition) is 5. The molecule has 0 atom stereocenters. The Labute approximate surface area is 179 Å². The summed E-state index contributed by atoms with van der Waals surface area (Å²) in [6.45, 7) is -0.267. The zero-order valence-electron chi connectivity index (χ0n) is 16.8. The van der Waals surface area contributed by atoms with Crippen molar-refractivity contribution in [2.45, 2.75) is 0 Å². The fraction of sp³-hybridized carbons (Fsp3) is 0.0870. The highest BCUT2D eigenvalue weighted by Gasteiger charge is 2.10. The maximum absolute atomic E-state index is 12.2. The standard InChI is InChI=1S/C23H21N3O5/c1-30-19-11-13-20(14-12-19)31-15-21(27)25-26-23(29)17-7-9-18(10-8-17)24-22(28)16-5-3-2-4-6-16/h2-14H,15H2,1H3,(H,24,28)(H,25,27)(H,26,29). The quantitative estimate of drug-likeness (QED) is 0.511. The largest absolute Gasteiger partial charge is 0.497 e. The van der Waals surface area contributed by atoms with Gasteiger partial charge < -0.3 is 14.8 Å². The van der Waals surface area contributed by atoms with E-state index >= 15 is 0 Å². The molecule has 3 N–H and O–H groups in total. The van der Waals surface area contributed by atoms with Crippen LogP contribution < -0.4 is 25.6 Å². The average molecular weight is 419 g/mol. The van der Waals surface area contributed by atoms with Gasteiger partial charge in [-0.05, 0) is 60.7 Å². The number of amides is 3. The number of benzene rings is 3. The van der Waals surface area contributed by atoms with Crippen molar-refractivity contribution in [3.8, 4) is 11.5 Å². The maximum atomic E-state index is 12.2. The van der Waals surface area contributed by atoms with Gasteiger partial charge in [-0.25, -0.2) is 0 Å². The Morgan fingerprint density at radius 1 is 0.710 bits per heavy atom. The molecular weight excluding hydrogens is 398 g/mol. The predicted octanol–water partition coefficient (Wildman–Crippen LogP) is 2.79. The third-order valence-corrected chi connectivity index (χ3v) is 4.19. The number of hydrogen-bond donors (Lipinski definition) is 3. The summed E-state index contributed by atoms with van der Waals surface area (Å²) in [7, 11) is 1.56. The molecule has 0 unspecified atom stereocenters. The molecule has 0 heterocycles. The van der Waals surface area contributed by atoms with Crippen molar-refractivity contribution >= 4 is 23.4 Å². The molecular formula is C23H21N3O5. The van der Waals surface area contributed by atoms with Gasteiger partial charge in [0.05, 0.1) is 7.11 Å². The van der Waals surface area contributed by atoms with Gasteiger partial charge in [0.1, 0.15) is 11.5 Å². The van der Waals surface area contributed by atoms with Gasteiger partial charge >= 0.3 is 0 Å². The molecule has 0 fully saturated rings. The number of carbonyl (C=O) groups is 3. The van der Waals surface area contributed by atoms with Gasteiger partial charge in [-0.3, -0.25) is 25.2 Å². The summed E-state index contributed by atoms with van der Waals surface area (Å²) in [5, 5.41) is 2.75. The first-order valence-corrected chi connectivity index (χ1v) is 9.37. The first-order chi connectivity index (χ1) is 15.0. The lowest BCUT2D eigenvalue weighted by molar-refractivity contribution is -0.123. The Bertz CT molecular complexity index is 1040. The Balaban J connectivity index is 1.44. The molecule has 0 saturated carbocycles. The van der Waals surface area contributed by atoms with Crippen LogP contribution in [0.15, 0.2) is 78.9 Å². The molecule has 3 aromatic carbocycles. The lowest BCUT2D eigenvalue weighted by atomic mass is 10.1. The van der Waals surface area contributed by atoms with Gasteiger partial charge in [-0.1, -0.05) is 18.2 Å². The van der Waals surface area contributed by atoms with E-state index in [2.05, 4.69) is 16.2 Å². The fourth-order valence-corrected chi connectivity index (χ4v) is 2.55. The summed E-state index contributed by atoms with van der Waals surface area (Å²) >= 11 is 0. The van der Waals surface area contributed by atoms with Crippen LogP contribution in [-0.4, -0.2) is 31.4 Å². The van der Waals surface area contributed by atoms with Crippen LogP contribution in [0.5, 0.6) is 11.5 Å². The molecule has 3 amide bonds. The lowest BCUT2D eigenvalue weighted by Gasteiger charge is -2.10. The molecule has 8 heteroatoms. The molecule has 0 aliphatic rings. The minimum Gasteiger partial charge on any atom is -0.497 e. The predicted molar refractivity (Wildman–Crippen MR) is 115 cm³/mol. The third kappa shape index (κ3) is 6.33. The minimum absolute atomic E-state index is 0.248. The van der Waals surface area contributed by atoms with Crippen molar-refractivity contribution in [3.05, 3.63) is 90.0 Å². The second-order valence-electron chi connectivity index (χ2n) is 6.36. The van der Waals surface area contributed by atoms with E-state index in [0.717, 1.165) is 0 Å². The SMILES string of the molecule is COc1ccc(OCC(=O)NNC(=O)c2ccc(NC(=O)c3ccccc3)cc2)cc1. The van der Waals surface area contributed by atoms with Crippen LogP contribution in [0.1, 0.15) is 20.7 Å². The van der Waals surface area contributed by atoms with Crippen LogP contribution in [0.4, 0.5) is 5.69 Å². The zero-order chi connectivity index (χ0) is 22.1. The number of hydrazine groups is 1. The van der Waals surface area contributed by atoms with Gasteiger partial charge in [0.25, 0.3) is 17.7 Å². The van der Waals surface area contributed by atoms with Gasteiger partial charge in [-0.15, -0.1) is 0 Å². The summed E-state index contributed by atoms with van der Waals surface area (Å²) in [5.41, 5.74) is 5.99. The van der Waals surface area contributed by atoms with Crippen LogP contribution in [0, 0.1) is 0 Å². The summed E-state index contributed by atoms with van der Waals surface area (Å²) in [5.74, 6) is -0.0956. The zero-order valence-corrected chi connectivity index (χ0v) is 16.8. The molecule has 0 aliphatic carbocycles. The third-order valence-electron chi connectivity index (χ3n) is 4.19. The van der Waals surface area contributed by atoms with E-state index in [9.17, 15) is 14.4 Å². The summed E-state index contributed by atoms with van der Waals surface area (Å²) in [4.78, 5) is 36.2. The summed E-state index contributed by atoms with van der Waals surface area (Å²) in [6, 6.07) is 21.8. The maximum Gasteiger partial charge on any atom is 0.276 e. The van der Waals surface area contributed by atoms with E-state index in [0.29, 0.717) is 28.3 Å². The number of ether oxygens (including phenoxy) is 2. The van der Waals surface area contributed by atoms with Crippen LogP contribution in [-0.2, 0) is 4.79 Å². The fourth-order valence-electron chi connectivity index (χ4n) is 2.55. The molecule has 31 heavy (non-hydrogen) atoms. The highest BCUT2D eigenvalue weighted by atomic mass is 16.5. The number of anilines is 1. The molecule has 158 valence electrons. The van der Waals surface area contributed by atoms with Gasteiger partial charge in [-0.2, -0.15) is 0 Å². The van der Waals surface area contributed by atoms with E-state index in [1.165, 1.54) is 12.1 Å². The smallest absolute Gasteiger partial charge is 0.276 e. The van der Waals surface area contributed by atoms with Gasteiger partial charge in [0.15, 0.2) is 6.61 Å². The Morgan fingerprint density at radius 2 is 1.32 bits per heavy atom. The van der Waals surface area contributed by atoms with Crippen molar-refractivity contribution < 1.29 is 23.9 Å². The molecule has 3 rings (SSSR count). The van der Waals surface area contributed by atoms with Crippen molar-refractivity contribution in [3.63, 3.8) is 0 Å². The molecule has 0 aromatic heterocycles. The molecule has 3 aromatic rings. The van der Waals surface area contributed by atoms with E-state index < -0.39 is 11.8 Å². The lowest BCUT2D eigenvalue weighted by Crippen LogP contribution is -2.43. The van der Waals surface area contributed by atoms with E-state index in [1.807, 2.05) is 6.07 Å². The Kier molecular flexibility index (Phi) is 7.21. The average Bonchev–Trinajstić information content (AvgIpc) is 2.82.